The van der Waals surface area contributed by atoms with Crippen LogP contribution in [0, 0.1) is 17.8 Å². The number of hydrogen-bond donors (Lipinski definition) is 0. The third-order valence-electron chi connectivity index (χ3n) is 5.11. The molecular formula is C17H28O. The predicted octanol–water partition coefficient (Wildman–Crippen LogP) is 4.91. The summed E-state index contributed by atoms with van der Waals surface area (Å²) in [5.74, 6) is 3.25. The maximum Gasteiger partial charge on any atom is 0.132 e. The van der Waals surface area contributed by atoms with E-state index in [-0.39, 0.29) is 0 Å². The van der Waals surface area contributed by atoms with Crippen LogP contribution >= 0.6 is 0 Å². The molecule has 2 saturated carbocycles. The highest BCUT2D eigenvalue weighted by molar-refractivity contribution is 5.78. The Bertz CT molecular complexity index is 263. The van der Waals surface area contributed by atoms with Crippen LogP contribution in [0.15, 0.2) is 12.7 Å². The number of Topliss-reactive ketones (excluding diaryl/α,β-unsaturated/α-hetero) is 1. The average Bonchev–Trinajstić information content (AvgIpc) is 2.40. The molecule has 0 radical (unpaired) electrons. The van der Waals surface area contributed by atoms with Crippen LogP contribution in [0.3, 0.4) is 0 Å². The smallest absolute Gasteiger partial charge is 0.132 e. The van der Waals surface area contributed by atoms with Gasteiger partial charge in [-0.15, -0.1) is 6.58 Å². The molecule has 0 aliphatic heterocycles. The molecule has 0 atom stereocenters. The number of allylic oxidation sites excluding steroid dienone is 1. The van der Waals surface area contributed by atoms with Crippen molar-refractivity contribution < 1.29 is 4.79 Å². The van der Waals surface area contributed by atoms with Crippen molar-refractivity contribution in [3.63, 3.8) is 0 Å². The first-order valence-electron chi connectivity index (χ1n) is 7.90. The zero-order valence-electron chi connectivity index (χ0n) is 11.7. The number of hydrogen-bond acceptors (Lipinski definition) is 1. The van der Waals surface area contributed by atoms with Crippen LogP contribution in [-0.4, -0.2) is 5.78 Å². The maximum absolute atomic E-state index is 11.2. The summed E-state index contributed by atoms with van der Waals surface area (Å²) in [7, 11) is 0. The van der Waals surface area contributed by atoms with Gasteiger partial charge in [0.15, 0.2) is 0 Å². The van der Waals surface area contributed by atoms with Gasteiger partial charge in [-0.1, -0.05) is 31.8 Å². The first-order valence-corrected chi connectivity index (χ1v) is 7.90. The zero-order chi connectivity index (χ0) is 12.8. The molecule has 0 spiro atoms. The summed E-state index contributed by atoms with van der Waals surface area (Å²) in [6.07, 6.45) is 15.9. The van der Waals surface area contributed by atoms with Crippen LogP contribution in [0.5, 0.6) is 0 Å². The number of rotatable bonds is 5. The highest BCUT2D eigenvalue weighted by Crippen LogP contribution is 2.35. The maximum atomic E-state index is 11.2. The van der Waals surface area contributed by atoms with E-state index in [9.17, 15) is 4.79 Å². The van der Waals surface area contributed by atoms with E-state index in [1.165, 1.54) is 57.8 Å². The Kier molecular flexibility index (Phi) is 5.46. The molecule has 2 aliphatic carbocycles. The van der Waals surface area contributed by atoms with Gasteiger partial charge in [0.25, 0.3) is 0 Å². The van der Waals surface area contributed by atoms with Crippen molar-refractivity contribution in [2.45, 2.75) is 70.6 Å². The lowest BCUT2D eigenvalue weighted by Crippen LogP contribution is -2.17. The molecule has 1 nitrogen and oxygen atoms in total. The van der Waals surface area contributed by atoms with E-state index in [1.807, 2.05) is 0 Å². The minimum absolute atomic E-state index is 0.496. The van der Waals surface area contributed by atoms with Gasteiger partial charge < -0.3 is 0 Å². The summed E-state index contributed by atoms with van der Waals surface area (Å²) in [6.45, 7) is 3.85. The van der Waals surface area contributed by atoms with Gasteiger partial charge in [0.1, 0.15) is 5.78 Å². The Hall–Kier alpha value is -0.590. The van der Waals surface area contributed by atoms with Crippen molar-refractivity contribution in [1.82, 2.24) is 0 Å². The van der Waals surface area contributed by atoms with Crippen LogP contribution in [0.2, 0.25) is 0 Å². The second-order valence-corrected chi connectivity index (χ2v) is 6.47. The molecule has 0 N–H and O–H groups in total. The molecule has 0 unspecified atom stereocenters. The van der Waals surface area contributed by atoms with E-state index in [0.717, 1.165) is 30.6 Å². The average molecular weight is 248 g/mol. The second kappa shape index (κ2) is 7.11. The summed E-state index contributed by atoms with van der Waals surface area (Å²) >= 11 is 0. The monoisotopic (exact) mass is 248 g/mol. The fourth-order valence-electron chi connectivity index (χ4n) is 3.75. The first-order chi connectivity index (χ1) is 8.78. The van der Waals surface area contributed by atoms with Crippen molar-refractivity contribution in [3.8, 4) is 0 Å². The van der Waals surface area contributed by atoms with Crippen LogP contribution < -0.4 is 0 Å². The summed E-state index contributed by atoms with van der Waals surface area (Å²) in [4.78, 5) is 11.2. The lowest BCUT2D eigenvalue weighted by molar-refractivity contribution is -0.121. The fourth-order valence-corrected chi connectivity index (χ4v) is 3.75. The Morgan fingerprint density at radius 2 is 1.39 bits per heavy atom. The molecule has 0 aromatic carbocycles. The highest BCUT2D eigenvalue weighted by Gasteiger charge is 2.23. The van der Waals surface area contributed by atoms with E-state index in [0.29, 0.717) is 5.78 Å². The van der Waals surface area contributed by atoms with Crippen molar-refractivity contribution in [2.75, 3.05) is 0 Å². The van der Waals surface area contributed by atoms with E-state index < -0.39 is 0 Å². The minimum Gasteiger partial charge on any atom is -0.300 e. The zero-order valence-corrected chi connectivity index (χ0v) is 11.7. The molecule has 0 bridgehead atoms. The molecule has 102 valence electrons. The second-order valence-electron chi connectivity index (χ2n) is 6.47. The summed E-state index contributed by atoms with van der Waals surface area (Å²) < 4.78 is 0. The van der Waals surface area contributed by atoms with E-state index >= 15 is 0 Å². The van der Waals surface area contributed by atoms with Gasteiger partial charge in [-0.3, -0.25) is 4.79 Å². The Morgan fingerprint density at radius 3 is 1.94 bits per heavy atom. The molecule has 0 aromatic rings. The molecule has 1 heteroatoms. The van der Waals surface area contributed by atoms with Crippen molar-refractivity contribution in [1.29, 1.82) is 0 Å². The van der Waals surface area contributed by atoms with Crippen LogP contribution in [-0.2, 0) is 4.79 Å². The van der Waals surface area contributed by atoms with Crippen molar-refractivity contribution >= 4 is 5.78 Å². The molecule has 2 rings (SSSR count). The fraction of sp³-hybridized carbons (Fsp3) is 0.824. The standard InChI is InChI=1S/C17H28O/c1-2-3-14-4-6-15(7-5-14)8-9-16-10-12-17(18)13-11-16/h2,14-16H,1,3-13H2/t14-,15-. The van der Waals surface area contributed by atoms with E-state index in [1.54, 1.807) is 0 Å². The normalized spacial score (nSPS) is 30.3. The van der Waals surface area contributed by atoms with Gasteiger partial charge in [0.2, 0.25) is 0 Å². The van der Waals surface area contributed by atoms with Crippen molar-refractivity contribution in [3.05, 3.63) is 12.7 Å². The quantitative estimate of drug-likeness (QED) is 0.632. The molecule has 2 fully saturated rings. The van der Waals surface area contributed by atoms with Crippen LogP contribution in [0.4, 0.5) is 0 Å². The molecule has 2 aliphatic rings. The molecular weight excluding hydrogens is 220 g/mol. The highest BCUT2D eigenvalue weighted by atomic mass is 16.1. The van der Waals surface area contributed by atoms with Crippen molar-refractivity contribution in [2.24, 2.45) is 17.8 Å². The van der Waals surface area contributed by atoms with Gasteiger partial charge >= 0.3 is 0 Å². The van der Waals surface area contributed by atoms with E-state index in [2.05, 4.69) is 12.7 Å². The van der Waals surface area contributed by atoms with Crippen LogP contribution in [0.1, 0.15) is 70.6 Å². The lowest BCUT2D eigenvalue weighted by atomic mass is 9.76. The summed E-state index contributed by atoms with van der Waals surface area (Å²) in [5, 5.41) is 0. The SMILES string of the molecule is C=CC[C@H]1CC[C@H](CCC2CCC(=O)CC2)CC1. The van der Waals surface area contributed by atoms with E-state index in [4.69, 9.17) is 0 Å². The molecule has 0 heterocycles. The minimum atomic E-state index is 0.496. The summed E-state index contributed by atoms with van der Waals surface area (Å²) in [6, 6.07) is 0. The van der Waals surface area contributed by atoms with Crippen LogP contribution in [0.25, 0.3) is 0 Å². The molecule has 0 aromatic heterocycles. The third-order valence-corrected chi connectivity index (χ3v) is 5.11. The van der Waals surface area contributed by atoms with Gasteiger partial charge in [-0.25, -0.2) is 0 Å². The number of ketones is 1. The Labute approximate surface area is 112 Å². The molecule has 0 amide bonds. The van der Waals surface area contributed by atoms with Gasteiger partial charge in [0.05, 0.1) is 0 Å². The lowest BCUT2D eigenvalue weighted by Gasteiger charge is -2.29. The Balaban J connectivity index is 1.60. The number of carbonyl (C=O) groups excluding carboxylic acids is 1. The van der Waals surface area contributed by atoms with Gasteiger partial charge in [-0.05, 0) is 49.9 Å². The predicted molar refractivity (Wildman–Crippen MR) is 76.5 cm³/mol. The topological polar surface area (TPSA) is 17.1 Å². The summed E-state index contributed by atoms with van der Waals surface area (Å²) in [5.41, 5.74) is 0. The number of carbonyl (C=O) groups is 1. The third kappa shape index (κ3) is 4.26. The van der Waals surface area contributed by atoms with Gasteiger partial charge in [-0.2, -0.15) is 0 Å². The molecule has 18 heavy (non-hydrogen) atoms. The first kappa shape index (κ1) is 13.8. The Morgan fingerprint density at radius 1 is 0.889 bits per heavy atom. The largest absolute Gasteiger partial charge is 0.300 e. The van der Waals surface area contributed by atoms with Gasteiger partial charge in [0, 0.05) is 12.8 Å². The molecule has 0 saturated heterocycles.